The van der Waals surface area contributed by atoms with Crippen molar-refractivity contribution in [3.05, 3.63) is 12.7 Å². The Hall–Kier alpha value is -0.790. The molecule has 0 N–H and O–H groups in total. The van der Waals surface area contributed by atoms with Crippen LogP contribution >= 0.6 is 0 Å². The Morgan fingerprint density at radius 2 is 1.92 bits per heavy atom. The molecule has 0 aromatic heterocycles. The van der Waals surface area contributed by atoms with Gasteiger partial charge in [-0.25, -0.2) is 0 Å². The fourth-order valence-electron chi connectivity index (χ4n) is 1.22. The van der Waals surface area contributed by atoms with E-state index in [1.807, 2.05) is 7.05 Å². The largest absolute Gasteiger partial charge is 0.342 e. The molecule has 0 aliphatic rings. The molecule has 13 heavy (non-hydrogen) atoms. The molecule has 2 nitrogen and oxygen atoms in total. The van der Waals surface area contributed by atoms with Crippen LogP contribution in [-0.2, 0) is 4.79 Å². The Balaban J connectivity index is 3.31. The Kier molecular flexibility index (Phi) is 7.36. The summed E-state index contributed by atoms with van der Waals surface area (Å²) in [5.41, 5.74) is 0. The number of likely N-dealkylation sites (N-methyl/N-ethyl adjacent to an activating group) is 1. The molecule has 0 unspecified atom stereocenters. The summed E-state index contributed by atoms with van der Waals surface area (Å²) in [5.74, 6) is 0.0236. The third-order valence-corrected chi connectivity index (χ3v) is 2.15. The van der Waals surface area contributed by atoms with E-state index >= 15 is 0 Å². The van der Waals surface area contributed by atoms with Gasteiger partial charge in [0.1, 0.15) is 0 Å². The van der Waals surface area contributed by atoms with Gasteiger partial charge in [-0.1, -0.05) is 39.2 Å². The average molecular weight is 183 g/mol. The highest BCUT2D eigenvalue weighted by atomic mass is 16.2. The van der Waals surface area contributed by atoms with Gasteiger partial charge in [0, 0.05) is 13.6 Å². The molecule has 0 saturated heterocycles. The molecule has 0 aromatic carbocycles. The zero-order valence-corrected chi connectivity index (χ0v) is 8.88. The second-order valence-electron chi connectivity index (χ2n) is 3.38. The molecule has 0 radical (unpaired) electrons. The topological polar surface area (TPSA) is 20.3 Å². The highest BCUT2D eigenvalue weighted by molar-refractivity contribution is 5.86. The summed E-state index contributed by atoms with van der Waals surface area (Å²) in [4.78, 5) is 12.8. The molecule has 0 bridgehead atoms. The van der Waals surface area contributed by atoms with E-state index in [0.29, 0.717) is 0 Å². The van der Waals surface area contributed by atoms with Crippen LogP contribution in [-0.4, -0.2) is 24.4 Å². The lowest BCUT2D eigenvalue weighted by molar-refractivity contribution is -0.124. The molecule has 0 spiro atoms. The van der Waals surface area contributed by atoms with E-state index in [2.05, 4.69) is 13.5 Å². The fourth-order valence-corrected chi connectivity index (χ4v) is 1.22. The average Bonchev–Trinajstić information content (AvgIpc) is 2.16. The maximum atomic E-state index is 11.0. The van der Waals surface area contributed by atoms with Crippen molar-refractivity contribution >= 4 is 5.91 Å². The maximum Gasteiger partial charge on any atom is 0.245 e. The summed E-state index contributed by atoms with van der Waals surface area (Å²) < 4.78 is 0. The SMILES string of the molecule is C=CC(=O)N(C)CCCCCCC. The van der Waals surface area contributed by atoms with Crippen molar-refractivity contribution < 1.29 is 4.79 Å². The van der Waals surface area contributed by atoms with E-state index in [0.717, 1.165) is 13.0 Å². The van der Waals surface area contributed by atoms with Gasteiger partial charge in [-0.3, -0.25) is 4.79 Å². The second-order valence-corrected chi connectivity index (χ2v) is 3.38. The minimum atomic E-state index is 0.0236. The predicted octanol–water partition coefficient (Wildman–Crippen LogP) is 2.60. The molecule has 0 aliphatic carbocycles. The molecule has 0 aromatic rings. The zero-order valence-electron chi connectivity index (χ0n) is 8.88. The third kappa shape index (κ3) is 6.38. The van der Waals surface area contributed by atoms with Crippen molar-refractivity contribution in [2.45, 2.75) is 39.0 Å². The van der Waals surface area contributed by atoms with Crippen molar-refractivity contribution in [1.82, 2.24) is 4.90 Å². The molecule has 0 rings (SSSR count). The Labute approximate surface area is 81.6 Å². The van der Waals surface area contributed by atoms with Crippen LogP contribution < -0.4 is 0 Å². The number of carbonyl (C=O) groups is 1. The third-order valence-electron chi connectivity index (χ3n) is 2.15. The number of carbonyl (C=O) groups excluding carboxylic acids is 1. The smallest absolute Gasteiger partial charge is 0.245 e. The van der Waals surface area contributed by atoms with Crippen LogP contribution in [0.15, 0.2) is 12.7 Å². The van der Waals surface area contributed by atoms with Crippen LogP contribution in [0.4, 0.5) is 0 Å². The number of rotatable bonds is 7. The number of nitrogens with zero attached hydrogens (tertiary/aromatic N) is 1. The predicted molar refractivity (Wildman–Crippen MR) is 56.6 cm³/mol. The van der Waals surface area contributed by atoms with Gasteiger partial charge in [0.2, 0.25) is 5.91 Å². The summed E-state index contributed by atoms with van der Waals surface area (Å²) in [7, 11) is 1.82. The molecule has 0 heterocycles. The lowest BCUT2D eigenvalue weighted by Crippen LogP contribution is -2.25. The first-order valence-corrected chi connectivity index (χ1v) is 5.10. The van der Waals surface area contributed by atoms with E-state index in [-0.39, 0.29) is 5.91 Å². The van der Waals surface area contributed by atoms with Crippen LogP contribution in [0.1, 0.15) is 39.0 Å². The van der Waals surface area contributed by atoms with E-state index in [4.69, 9.17) is 0 Å². The highest BCUT2D eigenvalue weighted by Gasteiger charge is 2.01. The lowest BCUT2D eigenvalue weighted by atomic mass is 10.1. The van der Waals surface area contributed by atoms with Gasteiger partial charge in [-0.05, 0) is 12.5 Å². The van der Waals surface area contributed by atoms with Gasteiger partial charge >= 0.3 is 0 Å². The maximum absolute atomic E-state index is 11.0. The van der Waals surface area contributed by atoms with Crippen LogP contribution in [0.25, 0.3) is 0 Å². The second kappa shape index (κ2) is 7.84. The highest BCUT2D eigenvalue weighted by Crippen LogP contribution is 2.03. The van der Waals surface area contributed by atoms with Crippen LogP contribution in [0, 0.1) is 0 Å². The van der Waals surface area contributed by atoms with Gasteiger partial charge in [-0.15, -0.1) is 0 Å². The molecular formula is C11H21NO. The van der Waals surface area contributed by atoms with Crippen molar-refractivity contribution in [3.63, 3.8) is 0 Å². The number of amides is 1. The van der Waals surface area contributed by atoms with Crippen molar-refractivity contribution in [1.29, 1.82) is 0 Å². The van der Waals surface area contributed by atoms with Crippen molar-refractivity contribution in [2.24, 2.45) is 0 Å². The molecule has 0 fully saturated rings. The van der Waals surface area contributed by atoms with Crippen LogP contribution in [0.3, 0.4) is 0 Å². The number of hydrogen-bond donors (Lipinski definition) is 0. The fraction of sp³-hybridized carbons (Fsp3) is 0.727. The first-order valence-electron chi connectivity index (χ1n) is 5.10. The summed E-state index contributed by atoms with van der Waals surface area (Å²) in [6.45, 7) is 6.51. The first kappa shape index (κ1) is 12.2. The van der Waals surface area contributed by atoms with Gasteiger partial charge in [0.15, 0.2) is 0 Å². The van der Waals surface area contributed by atoms with Crippen LogP contribution in [0.5, 0.6) is 0 Å². The van der Waals surface area contributed by atoms with Gasteiger partial charge in [0.25, 0.3) is 0 Å². The molecule has 0 aliphatic heterocycles. The van der Waals surface area contributed by atoms with Crippen LogP contribution in [0.2, 0.25) is 0 Å². The molecule has 0 saturated carbocycles. The van der Waals surface area contributed by atoms with E-state index < -0.39 is 0 Å². The van der Waals surface area contributed by atoms with Gasteiger partial charge in [0.05, 0.1) is 0 Å². The lowest BCUT2D eigenvalue weighted by Gasteiger charge is -2.14. The molecular weight excluding hydrogens is 162 g/mol. The van der Waals surface area contributed by atoms with E-state index in [1.54, 1.807) is 4.90 Å². The summed E-state index contributed by atoms with van der Waals surface area (Å²) in [6, 6.07) is 0. The minimum Gasteiger partial charge on any atom is -0.342 e. The molecule has 2 heteroatoms. The molecule has 1 amide bonds. The molecule has 0 atom stereocenters. The zero-order chi connectivity index (χ0) is 10.1. The van der Waals surface area contributed by atoms with E-state index in [1.165, 1.54) is 31.8 Å². The number of unbranched alkanes of at least 4 members (excludes halogenated alkanes) is 4. The minimum absolute atomic E-state index is 0.0236. The van der Waals surface area contributed by atoms with Gasteiger partial charge in [-0.2, -0.15) is 0 Å². The van der Waals surface area contributed by atoms with E-state index in [9.17, 15) is 4.79 Å². The standard InChI is InChI=1S/C11H21NO/c1-4-6-7-8-9-10-12(3)11(13)5-2/h5H,2,4,6-10H2,1,3H3. The molecule has 76 valence electrons. The van der Waals surface area contributed by atoms with Crippen molar-refractivity contribution in [3.8, 4) is 0 Å². The first-order chi connectivity index (χ1) is 6.22. The van der Waals surface area contributed by atoms with Crippen molar-refractivity contribution in [2.75, 3.05) is 13.6 Å². The Morgan fingerprint density at radius 1 is 1.31 bits per heavy atom. The summed E-state index contributed by atoms with van der Waals surface area (Å²) in [6.07, 6.45) is 7.55. The van der Waals surface area contributed by atoms with Gasteiger partial charge < -0.3 is 4.90 Å². The summed E-state index contributed by atoms with van der Waals surface area (Å²) >= 11 is 0. The monoisotopic (exact) mass is 183 g/mol. The Morgan fingerprint density at radius 3 is 2.46 bits per heavy atom. The Bertz CT molecular complexity index is 154. The quantitative estimate of drug-likeness (QED) is 0.439. The normalized spacial score (nSPS) is 9.69. The summed E-state index contributed by atoms with van der Waals surface area (Å²) in [5, 5.41) is 0. The number of hydrogen-bond acceptors (Lipinski definition) is 1.